The molecule has 0 bridgehead atoms. The minimum absolute atomic E-state index is 0.00977. The topological polar surface area (TPSA) is 71.2 Å². The monoisotopic (exact) mass is 236 g/mol. The molecule has 0 saturated carbocycles. The van der Waals surface area contributed by atoms with Gasteiger partial charge in [-0.15, -0.1) is 0 Å². The Balaban J connectivity index is 2.52. The number of anilines is 2. The number of nitrogens with one attached hydrogen (secondary N) is 1. The third-order valence-corrected chi connectivity index (χ3v) is 2.32. The molecule has 0 unspecified atom stereocenters. The van der Waals surface area contributed by atoms with Crippen molar-refractivity contribution in [3.8, 4) is 0 Å². The molecule has 0 saturated heterocycles. The van der Waals surface area contributed by atoms with Gasteiger partial charge in [-0.05, 0) is 18.1 Å². The lowest BCUT2D eigenvalue weighted by molar-refractivity contribution is -0.119. The quantitative estimate of drug-likeness (QED) is 0.796. The first-order chi connectivity index (χ1) is 8.00. The molecule has 1 aromatic rings. The number of rotatable bonds is 5. The van der Waals surface area contributed by atoms with E-state index in [1.54, 1.807) is 17.2 Å². The van der Waals surface area contributed by atoms with Crippen LogP contribution in [0.15, 0.2) is 18.3 Å². The zero-order valence-corrected chi connectivity index (χ0v) is 10.6. The number of amides is 1. The molecule has 0 atom stereocenters. The predicted molar refractivity (Wildman–Crippen MR) is 69.8 cm³/mol. The van der Waals surface area contributed by atoms with Crippen molar-refractivity contribution in [1.82, 2.24) is 10.3 Å². The summed E-state index contributed by atoms with van der Waals surface area (Å²) in [5.74, 6) is 0.879. The van der Waals surface area contributed by atoms with Crippen LogP contribution in [0.3, 0.4) is 0 Å². The van der Waals surface area contributed by atoms with E-state index in [4.69, 9.17) is 5.73 Å². The van der Waals surface area contributed by atoms with Crippen LogP contribution in [0, 0.1) is 5.92 Å². The SMILES string of the molecule is CC(C)CNC(=O)CN(C)c1cccnc1N. The molecule has 0 aliphatic carbocycles. The molecule has 0 radical (unpaired) electrons. The van der Waals surface area contributed by atoms with Crippen LogP contribution < -0.4 is 16.0 Å². The summed E-state index contributed by atoms with van der Waals surface area (Å²) in [6.45, 7) is 5.09. The number of likely N-dealkylation sites (N-methyl/N-ethyl adjacent to an activating group) is 1. The number of nitrogens with zero attached hydrogens (tertiary/aromatic N) is 2. The van der Waals surface area contributed by atoms with Gasteiger partial charge in [-0.25, -0.2) is 4.98 Å². The maximum atomic E-state index is 11.6. The predicted octanol–water partition coefficient (Wildman–Crippen LogP) is 0.872. The van der Waals surface area contributed by atoms with Gasteiger partial charge >= 0.3 is 0 Å². The number of pyridine rings is 1. The minimum atomic E-state index is -0.00977. The number of nitrogens with two attached hydrogens (primary N) is 1. The molecule has 0 aromatic carbocycles. The van der Waals surface area contributed by atoms with Gasteiger partial charge in [-0.3, -0.25) is 4.79 Å². The minimum Gasteiger partial charge on any atom is -0.382 e. The Kier molecular flexibility index (Phi) is 4.75. The van der Waals surface area contributed by atoms with Gasteiger partial charge in [-0.1, -0.05) is 13.8 Å². The van der Waals surface area contributed by atoms with Crippen molar-refractivity contribution in [2.45, 2.75) is 13.8 Å². The summed E-state index contributed by atoms with van der Waals surface area (Å²) >= 11 is 0. The Morgan fingerprint density at radius 3 is 2.88 bits per heavy atom. The van der Waals surface area contributed by atoms with Crippen molar-refractivity contribution in [2.75, 3.05) is 30.8 Å². The second-order valence-corrected chi connectivity index (χ2v) is 4.46. The Morgan fingerprint density at radius 2 is 2.29 bits per heavy atom. The number of hydrogen-bond acceptors (Lipinski definition) is 4. The van der Waals surface area contributed by atoms with Crippen LogP contribution in [-0.4, -0.2) is 31.0 Å². The number of hydrogen-bond donors (Lipinski definition) is 2. The highest BCUT2D eigenvalue weighted by Crippen LogP contribution is 2.17. The average Bonchev–Trinajstić information content (AvgIpc) is 2.26. The summed E-state index contributed by atoms with van der Waals surface area (Å²) in [6, 6.07) is 3.65. The molecule has 17 heavy (non-hydrogen) atoms. The highest BCUT2D eigenvalue weighted by atomic mass is 16.2. The molecule has 0 fully saturated rings. The number of aromatic nitrogens is 1. The molecule has 0 spiro atoms. The molecule has 1 aromatic heterocycles. The Hall–Kier alpha value is -1.78. The first-order valence-corrected chi connectivity index (χ1v) is 5.69. The van der Waals surface area contributed by atoms with Gasteiger partial charge in [0.05, 0.1) is 12.2 Å². The molecule has 5 nitrogen and oxygen atoms in total. The maximum absolute atomic E-state index is 11.6. The van der Waals surface area contributed by atoms with E-state index in [1.807, 2.05) is 13.1 Å². The Morgan fingerprint density at radius 1 is 1.59 bits per heavy atom. The second kappa shape index (κ2) is 6.08. The molecule has 3 N–H and O–H groups in total. The van der Waals surface area contributed by atoms with Crippen LogP contribution in [0.25, 0.3) is 0 Å². The van der Waals surface area contributed by atoms with E-state index in [0.717, 1.165) is 5.69 Å². The van der Waals surface area contributed by atoms with Crippen LogP contribution in [0.2, 0.25) is 0 Å². The standard InChI is InChI=1S/C12H20N4O/c1-9(2)7-15-11(17)8-16(3)10-5-4-6-14-12(10)13/h4-6,9H,7-8H2,1-3H3,(H2,13,14)(H,15,17). The highest BCUT2D eigenvalue weighted by Gasteiger charge is 2.10. The summed E-state index contributed by atoms with van der Waals surface area (Å²) in [6.07, 6.45) is 1.63. The van der Waals surface area contributed by atoms with Crippen molar-refractivity contribution < 1.29 is 4.79 Å². The van der Waals surface area contributed by atoms with Crippen molar-refractivity contribution >= 4 is 17.4 Å². The molecular formula is C12H20N4O. The van der Waals surface area contributed by atoms with Gasteiger partial charge in [0.1, 0.15) is 5.82 Å². The molecule has 0 aliphatic rings. The fraction of sp³-hybridized carbons (Fsp3) is 0.500. The molecule has 5 heteroatoms. The lowest BCUT2D eigenvalue weighted by Crippen LogP contribution is -2.37. The summed E-state index contributed by atoms with van der Waals surface area (Å²) in [5, 5.41) is 2.86. The average molecular weight is 236 g/mol. The van der Waals surface area contributed by atoms with Crippen LogP contribution in [0.4, 0.5) is 11.5 Å². The van der Waals surface area contributed by atoms with Gasteiger partial charge < -0.3 is 16.0 Å². The van der Waals surface area contributed by atoms with Gasteiger partial charge in [0.15, 0.2) is 0 Å². The van der Waals surface area contributed by atoms with Crippen molar-refractivity contribution in [2.24, 2.45) is 5.92 Å². The van der Waals surface area contributed by atoms with Crippen LogP contribution in [0.1, 0.15) is 13.8 Å². The Labute approximate surface area is 102 Å². The van der Waals surface area contributed by atoms with Crippen molar-refractivity contribution in [3.63, 3.8) is 0 Å². The smallest absolute Gasteiger partial charge is 0.239 e. The summed E-state index contributed by atoms with van der Waals surface area (Å²) in [4.78, 5) is 17.4. The van der Waals surface area contributed by atoms with Crippen LogP contribution in [0.5, 0.6) is 0 Å². The van der Waals surface area contributed by atoms with Crippen molar-refractivity contribution in [1.29, 1.82) is 0 Å². The number of carbonyl (C=O) groups excluding carboxylic acids is 1. The Bertz CT molecular complexity index is 379. The highest BCUT2D eigenvalue weighted by molar-refractivity contribution is 5.82. The number of nitrogen functional groups attached to an aromatic ring is 1. The van der Waals surface area contributed by atoms with Crippen molar-refractivity contribution in [3.05, 3.63) is 18.3 Å². The molecule has 1 rings (SSSR count). The van der Waals surface area contributed by atoms with Gasteiger partial charge in [0, 0.05) is 19.8 Å². The van der Waals surface area contributed by atoms with Gasteiger partial charge in [0.2, 0.25) is 5.91 Å². The lowest BCUT2D eigenvalue weighted by Gasteiger charge is -2.20. The van der Waals surface area contributed by atoms with Gasteiger partial charge in [0.25, 0.3) is 0 Å². The fourth-order valence-corrected chi connectivity index (χ4v) is 1.41. The van der Waals surface area contributed by atoms with E-state index in [-0.39, 0.29) is 12.5 Å². The molecular weight excluding hydrogens is 216 g/mol. The maximum Gasteiger partial charge on any atom is 0.239 e. The van der Waals surface area contributed by atoms with E-state index in [0.29, 0.717) is 18.3 Å². The van der Waals surface area contributed by atoms with E-state index >= 15 is 0 Å². The summed E-state index contributed by atoms with van der Waals surface area (Å²) in [5.41, 5.74) is 6.51. The molecule has 94 valence electrons. The zero-order valence-electron chi connectivity index (χ0n) is 10.6. The normalized spacial score (nSPS) is 10.4. The van der Waals surface area contributed by atoms with E-state index in [1.165, 1.54) is 0 Å². The second-order valence-electron chi connectivity index (χ2n) is 4.46. The fourth-order valence-electron chi connectivity index (χ4n) is 1.41. The number of carbonyl (C=O) groups is 1. The third-order valence-electron chi connectivity index (χ3n) is 2.32. The van der Waals surface area contributed by atoms with Gasteiger partial charge in [-0.2, -0.15) is 0 Å². The zero-order chi connectivity index (χ0) is 12.8. The van der Waals surface area contributed by atoms with Crippen LogP contribution >= 0.6 is 0 Å². The largest absolute Gasteiger partial charge is 0.382 e. The van der Waals surface area contributed by atoms with Crippen LogP contribution in [-0.2, 0) is 4.79 Å². The first-order valence-electron chi connectivity index (χ1n) is 5.69. The molecule has 1 amide bonds. The molecule has 0 aliphatic heterocycles. The van der Waals surface area contributed by atoms with E-state index < -0.39 is 0 Å². The van der Waals surface area contributed by atoms with E-state index in [2.05, 4.69) is 24.1 Å². The van der Waals surface area contributed by atoms with E-state index in [9.17, 15) is 4.79 Å². The third kappa shape index (κ3) is 4.30. The lowest BCUT2D eigenvalue weighted by atomic mass is 10.2. The first kappa shape index (κ1) is 13.3. The summed E-state index contributed by atoms with van der Waals surface area (Å²) in [7, 11) is 1.82. The summed E-state index contributed by atoms with van der Waals surface area (Å²) < 4.78 is 0. The molecule has 1 heterocycles.